The standard InChI is InChI=1S/C7H11N3O2/c1-5-6(4-8-9-5)7(11-2)10-12-3/h4H,1-3H3,(H,8,9)/b10-7-. The van der Waals surface area contributed by atoms with E-state index >= 15 is 0 Å². The van der Waals surface area contributed by atoms with Crippen LogP contribution in [0.2, 0.25) is 0 Å². The average molecular weight is 169 g/mol. The van der Waals surface area contributed by atoms with Crippen LogP contribution in [0, 0.1) is 6.92 Å². The minimum Gasteiger partial charge on any atom is -0.478 e. The number of oxime groups is 1. The van der Waals surface area contributed by atoms with E-state index in [0.29, 0.717) is 5.90 Å². The number of nitrogens with one attached hydrogen (secondary N) is 1. The Morgan fingerprint density at radius 2 is 2.33 bits per heavy atom. The summed E-state index contributed by atoms with van der Waals surface area (Å²) in [7, 11) is 3.00. The molecule has 0 aliphatic carbocycles. The minimum absolute atomic E-state index is 0.420. The van der Waals surface area contributed by atoms with Crippen molar-refractivity contribution in [3.8, 4) is 0 Å². The lowest BCUT2D eigenvalue weighted by atomic mass is 10.3. The van der Waals surface area contributed by atoms with Gasteiger partial charge in [0.05, 0.1) is 18.9 Å². The van der Waals surface area contributed by atoms with Gasteiger partial charge in [-0.25, -0.2) is 0 Å². The molecule has 0 saturated heterocycles. The van der Waals surface area contributed by atoms with Crippen molar-refractivity contribution < 1.29 is 9.57 Å². The molecule has 0 spiro atoms. The maximum absolute atomic E-state index is 4.98. The smallest absolute Gasteiger partial charge is 0.260 e. The highest BCUT2D eigenvalue weighted by Crippen LogP contribution is 2.05. The number of hydrogen-bond donors (Lipinski definition) is 1. The Hall–Kier alpha value is -1.52. The minimum atomic E-state index is 0.420. The molecule has 0 bridgehead atoms. The lowest BCUT2D eigenvalue weighted by Crippen LogP contribution is -2.04. The summed E-state index contributed by atoms with van der Waals surface area (Å²) in [4.78, 5) is 4.59. The van der Waals surface area contributed by atoms with Crippen LogP contribution >= 0.6 is 0 Å². The second-order valence-corrected chi connectivity index (χ2v) is 2.19. The summed E-state index contributed by atoms with van der Waals surface area (Å²) in [6.45, 7) is 1.88. The molecule has 0 aliphatic rings. The molecule has 1 N–H and O–H groups in total. The van der Waals surface area contributed by atoms with E-state index < -0.39 is 0 Å². The van der Waals surface area contributed by atoms with Crippen molar-refractivity contribution in [2.75, 3.05) is 14.2 Å². The lowest BCUT2D eigenvalue weighted by Gasteiger charge is -2.00. The zero-order chi connectivity index (χ0) is 8.97. The third kappa shape index (κ3) is 1.55. The number of aryl methyl sites for hydroxylation is 1. The normalized spacial score (nSPS) is 11.4. The molecule has 0 fully saturated rings. The van der Waals surface area contributed by atoms with Crippen LogP contribution in [0.1, 0.15) is 11.3 Å². The third-order valence-electron chi connectivity index (χ3n) is 1.43. The predicted molar refractivity (Wildman–Crippen MR) is 43.9 cm³/mol. The van der Waals surface area contributed by atoms with Gasteiger partial charge in [0.25, 0.3) is 5.90 Å². The molecule has 66 valence electrons. The fourth-order valence-corrected chi connectivity index (χ4v) is 0.846. The first-order chi connectivity index (χ1) is 5.79. The SMILES string of the molecule is CO/N=C(\OC)c1cn[nH]c1C. The van der Waals surface area contributed by atoms with Crippen LogP contribution in [-0.4, -0.2) is 30.3 Å². The molecule has 1 heterocycles. The van der Waals surface area contributed by atoms with Crippen molar-refractivity contribution in [2.45, 2.75) is 6.92 Å². The highest BCUT2D eigenvalue weighted by atomic mass is 16.6. The topological polar surface area (TPSA) is 59.5 Å². The van der Waals surface area contributed by atoms with Crippen LogP contribution in [0.25, 0.3) is 0 Å². The predicted octanol–water partition coefficient (Wildman–Crippen LogP) is 0.673. The molecule has 1 aromatic rings. The summed E-state index contributed by atoms with van der Waals surface area (Å²) in [6.07, 6.45) is 1.64. The molecule has 0 aliphatic heterocycles. The van der Waals surface area contributed by atoms with E-state index in [4.69, 9.17) is 4.74 Å². The van der Waals surface area contributed by atoms with Crippen LogP contribution in [-0.2, 0) is 9.57 Å². The van der Waals surface area contributed by atoms with Gasteiger partial charge in [0.2, 0.25) is 0 Å². The van der Waals surface area contributed by atoms with Gasteiger partial charge in [-0.2, -0.15) is 5.10 Å². The fraction of sp³-hybridized carbons (Fsp3) is 0.429. The van der Waals surface area contributed by atoms with E-state index in [-0.39, 0.29) is 0 Å². The number of hydrogen-bond acceptors (Lipinski definition) is 4. The first-order valence-electron chi connectivity index (χ1n) is 3.45. The quantitative estimate of drug-likeness (QED) is 0.402. The second-order valence-electron chi connectivity index (χ2n) is 2.19. The summed E-state index contributed by atoms with van der Waals surface area (Å²) < 4.78 is 4.98. The zero-order valence-corrected chi connectivity index (χ0v) is 7.29. The maximum atomic E-state index is 4.98. The van der Waals surface area contributed by atoms with Gasteiger partial charge in [-0.15, -0.1) is 0 Å². The first kappa shape index (κ1) is 8.58. The van der Waals surface area contributed by atoms with Gasteiger partial charge in [0, 0.05) is 5.69 Å². The van der Waals surface area contributed by atoms with Crippen molar-refractivity contribution >= 4 is 5.90 Å². The van der Waals surface area contributed by atoms with Gasteiger partial charge < -0.3 is 9.57 Å². The van der Waals surface area contributed by atoms with E-state index in [2.05, 4.69) is 20.2 Å². The Morgan fingerprint density at radius 3 is 2.75 bits per heavy atom. The summed E-state index contributed by atoms with van der Waals surface area (Å²) in [5, 5.41) is 10.3. The molecule has 0 radical (unpaired) electrons. The number of methoxy groups -OCH3 is 1. The van der Waals surface area contributed by atoms with Gasteiger partial charge in [-0.3, -0.25) is 5.10 Å². The molecule has 5 heteroatoms. The Morgan fingerprint density at radius 1 is 1.58 bits per heavy atom. The first-order valence-corrected chi connectivity index (χ1v) is 3.45. The molecule has 1 aromatic heterocycles. The monoisotopic (exact) mass is 169 g/mol. The third-order valence-corrected chi connectivity index (χ3v) is 1.43. The number of rotatable bonds is 2. The molecule has 1 rings (SSSR count). The van der Waals surface area contributed by atoms with Crippen LogP contribution in [0.15, 0.2) is 11.4 Å². The number of aromatic nitrogens is 2. The van der Waals surface area contributed by atoms with Crippen LogP contribution in [0.3, 0.4) is 0 Å². The molecule has 0 unspecified atom stereocenters. The summed E-state index contributed by atoms with van der Waals surface area (Å²) in [6, 6.07) is 0. The van der Waals surface area contributed by atoms with E-state index in [0.717, 1.165) is 11.3 Å². The fourth-order valence-electron chi connectivity index (χ4n) is 0.846. The summed E-state index contributed by atoms with van der Waals surface area (Å²) in [5.74, 6) is 0.420. The molecule has 0 saturated carbocycles. The summed E-state index contributed by atoms with van der Waals surface area (Å²) >= 11 is 0. The van der Waals surface area contributed by atoms with Crippen LogP contribution < -0.4 is 0 Å². The van der Waals surface area contributed by atoms with Gasteiger partial charge >= 0.3 is 0 Å². The van der Waals surface area contributed by atoms with Crippen LogP contribution in [0.4, 0.5) is 0 Å². The van der Waals surface area contributed by atoms with E-state index in [1.807, 2.05) is 6.92 Å². The average Bonchev–Trinajstić information content (AvgIpc) is 2.47. The molecular weight excluding hydrogens is 158 g/mol. The molecule has 0 amide bonds. The van der Waals surface area contributed by atoms with E-state index in [1.54, 1.807) is 6.20 Å². The summed E-state index contributed by atoms with van der Waals surface area (Å²) in [5.41, 5.74) is 1.70. The maximum Gasteiger partial charge on any atom is 0.260 e. The largest absolute Gasteiger partial charge is 0.478 e. The number of H-pyrrole nitrogens is 1. The van der Waals surface area contributed by atoms with Crippen molar-refractivity contribution in [3.63, 3.8) is 0 Å². The van der Waals surface area contributed by atoms with Gasteiger partial charge in [0.15, 0.2) is 0 Å². The molecule has 0 atom stereocenters. The lowest BCUT2D eigenvalue weighted by molar-refractivity contribution is 0.200. The van der Waals surface area contributed by atoms with Crippen molar-refractivity contribution in [1.29, 1.82) is 0 Å². The molecular formula is C7H11N3O2. The van der Waals surface area contributed by atoms with Gasteiger partial charge in [0.1, 0.15) is 7.11 Å². The zero-order valence-electron chi connectivity index (χ0n) is 7.29. The number of ether oxygens (including phenoxy) is 1. The molecule has 0 aromatic carbocycles. The van der Waals surface area contributed by atoms with Crippen molar-refractivity contribution in [2.24, 2.45) is 5.16 Å². The highest BCUT2D eigenvalue weighted by molar-refractivity contribution is 5.94. The number of nitrogens with zero attached hydrogens (tertiary/aromatic N) is 2. The van der Waals surface area contributed by atoms with Crippen LogP contribution in [0.5, 0.6) is 0 Å². The van der Waals surface area contributed by atoms with E-state index in [9.17, 15) is 0 Å². The van der Waals surface area contributed by atoms with E-state index in [1.165, 1.54) is 14.2 Å². The Labute approximate surface area is 70.4 Å². The second kappa shape index (κ2) is 3.75. The molecule has 5 nitrogen and oxygen atoms in total. The Balaban J connectivity index is 2.95. The molecule has 12 heavy (non-hydrogen) atoms. The highest BCUT2D eigenvalue weighted by Gasteiger charge is 2.08. The Kier molecular flexibility index (Phi) is 2.68. The van der Waals surface area contributed by atoms with Crippen molar-refractivity contribution in [3.05, 3.63) is 17.5 Å². The Bertz CT molecular complexity index is 280. The van der Waals surface area contributed by atoms with Gasteiger partial charge in [-0.1, -0.05) is 0 Å². The van der Waals surface area contributed by atoms with Crippen molar-refractivity contribution in [1.82, 2.24) is 10.2 Å². The number of aromatic amines is 1. The van der Waals surface area contributed by atoms with Gasteiger partial charge in [-0.05, 0) is 12.1 Å².